The van der Waals surface area contributed by atoms with Crippen LogP contribution in [-0.4, -0.2) is 61.9 Å². The Morgan fingerprint density at radius 2 is 2.00 bits per heavy atom. The third kappa shape index (κ3) is 6.27. The summed E-state index contributed by atoms with van der Waals surface area (Å²) in [6.45, 7) is 3.94. The Balaban J connectivity index is 1.24. The maximum atomic E-state index is 12.5. The average molecular weight is 452 g/mol. The molecule has 1 saturated heterocycles. The van der Waals surface area contributed by atoms with Crippen LogP contribution in [-0.2, 0) is 22.6 Å². The number of likely N-dealkylation sites (N-methyl/N-ethyl adjacent to an activating group) is 1. The molecule has 0 radical (unpaired) electrons. The van der Waals surface area contributed by atoms with Gasteiger partial charge in [0.25, 0.3) is 0 Å². The lowest BCUT2D eigenvalue weighted by molar-refractivity contribution is -0.121. The first kappa shape index (κ1) is 23.1. The number of amides is 1. The fourth-order valence-electron chi connectivity index (χ4n) is 4.22. The summed E-state index contributed by atoms with van der Waals surface area (Å²) in [7, 11) is 3.80. The molecular formula is C26H33N3O4. The summed E-state index contributed by atoms with van der Waals surface area (Å²) < 4.78 is 18.6. The number of rotatable bonds is 10. The number of nitrogens with zero attached hydrogens (tertiary/aromatic N) is 2. The molecule has 1 aliphatic rings. The zero-order chi connectivity index (χ0) is 23.0. The van der Waals surface area contributed by atoms with E-state index in [1.54, 1.807) is 7.11 Å². The monoisotopic (exact) mass is 451 g/mol. The minimum Gasteiger partial charge on any atom is -0.497 e. The fourth-order valence-corrected chi connectivity index (χ4v) is 4.22. The highest BCUT2D eigenvalue weighted by Crippen LogP contribution is 2.22. The number of aromatic nitrogens is 1. The van der Waals surface area contributed by atoms with Gasteiger partial charge >= 0.3 is 0 Å². The Morgan fingerprint density at radius 3 is 2.82 bits per heavy atom. The van der Waals surface area contributed by atoms with Gasteiger partial charge in [-0.1, -0.05) is 12.1 Å². The summed E-state index contributed by atoms with van der Waals surface area (Å²) in [4.78, 5) is 14.9. The Bertz CT molecular complexity index is 1060. The summed E-state index contributed by atoms with van der Waals surface area (Å²) in [6.07, 6.45) is 4.09. The van der Waals surface area contributed by atoms with Gasteiger partial charge < -0.3 is 24.1 Å². The lowest BCUT2D eigenvalue weighted by Crippen LogP contribution is -2.38. The number of hydrogen-bond donors (Lipinski definition) is 1. The number of carbonyl (C=O) groups is 1. The molecule has 0 spiro atoms. The van der Waals surface area contributed by atoms with Gasteiger partial charge in [-0.15, -0.1) is 0 Å². The van der Waals surface area contributed by atoms with Crippen LogP contribution in [0.5, 0.6) is 11.5 Å². The van der Waals surface area contributed by atoms with Crippen molar-refractivity contribution in [3.05, 3.63) is 60.3 Å². The zero-order valence-electron chi connectivity index (χ0n) is 19.5. The fraction of sp³-hybridized carbons (Fsp3) is 0.423. The molecule has 0 saturated carbocycles. The summed E-state index contributed by atoms with van der Waals surface area (Å²) in [5, 5.41) is 4.06. The molecule has 2 heterocycles. The van der Waals surface area contributed by atoms with Crippen LogP contribution in [0, 0.1) is 0 Å². The molecule has 0 aliphatic carbocycles. The maximum absolute atomic E-state index is 12.5. The largest absolute Gasteiger partial charge is 0.497 e. The van der Waals surface area contributed by atoms with Crippen LogP contribution in [0.4, 0.5) is 0 Å². The van der Waals surface area contributed by atoms with Crippen molar-refractivity contribution in [2.75, 3.05) is 40.5 Å². The van der Waals surface area contributed by atoms with Crippen molar-refractivity contribution >= 4 is 16.8 Å². The predicted molar refractivity (Wildman–Crippen MR) is 129 cm³/mol. The molecule has 33 heavy (non-hydrogen) atoms. The van der Waals surface area contributed by atoms with Crippen LogP contribution in [0.15, 0.2) is 54.7 Å². The van der Waals surface area contributed by atoms with E-state index >= 15 is 0 Å². The van der Waals surface area contributed by atoms with Gasteiger partial charge in [0.15, 0.2) is 0 Å². The lowest BCUT2D eigenvalue weighted by atomic mass is 10.1. The molecular weight excluding hydrogens is 418 g/mol. The number of carbonyl (C=O) groups excluding carboxylic acids is 1. The third-order valence-electron chi connectivity index (χ3n) is 6.21. The quantitative estimate of drug-likeness (QED) is 0.512. The number of methoxy groups -OCH3 is 1. The van der Waals surface area contributed by atoms with E-state index in [9.17, 15) is 4.79 Å². The summed E-state index contributed by atoms with van der Waals surface area (Å²) in [5.74, 6) is 1.60. The number of fused-ring (bicyclic) bond motifs is 1. The van der Waals surface area contributed by atoms with Gasteiger partial charge in [0, 0.05) is 49.4 Å². The van der Waals surface area contributed by atoms with Crippen molar-refractivity contribution in [3.8, 4) is 11.5 Å². The van der Waals surface area contributed by atoms with Crippen LogP contribution in [0.2, 0.25) is 0 Å². The highest BCUT2D eigenvalue weighted by molar-refractivity contribution is 5.84. The molecule has 1 amide bonds. The topological polar surface area (TPSA) is 65.0 Å². The van der Waals surface area contributed by atoms with Crippen LogP contribution in [0.1, 0.15) is 18.4 Å². The van der Waals surface area contributed by atoms with E-state index in [1.807, 2.05) is 59.3 Å². The van der Waals surface area contributed by atoms with Crippen LogP contribution in [0.25, 0.3) is 10.9 Å². The van der Waals surface area contributed by atoms with Crippen LogP contribution in [0.3, 0.4) is 0 Å². The first-order valence-electron chi connectivity index (χ1n) is 11.5. The third-order valence-corrected chi connectivity index (χ3v) is 6.21. The summed E-state index contributed by atoms with van der Waals surface area (Å²) in [5.41, 5.74) is 2.02. The second-order valence-electron chi connectivity index (χ2n) is 8.47. The van der Waals surface area contributed by atoms with E-state index in [-0.39, 0.29) is 12.5 Å². The number of hydrogen-bond acceptors (Lipinski definition) is 5. The molecule has 0 unspecified atom stereocenters. The molecule has 7 heteroatoms. The molecule has 3 aromatic rings. The molecule has 1 N–H and O–H groups in total. The molecule has 176 valence electrons. The van der Waals surface area contributed by atoms with Crippen molar-refractivity contribution < 1.29 is 19.0 Å². The van der Waals surface area contributed by atoms with Crippen molar-refractivity contribution in [1.82, 2.24) is 14.8 Å². The molecule has 0 atom stereocenters. The molecule has 1 fully saturated rings. The van der Waals surface area contributed by atoms with E-state index in [0.717, 1.165) is 60.6 Å². The number of benzene rings is 2. The van der Waals surface area contributed by atoms with E-state index in [2.05, 4.69) is 17.3 Å². The van der Waals surface area contributed by atoms with Gasteiger partial charge in [0.2, 0.25) is 5.91 Å². The SMILES string of the molecule is COc1ccc2c(ccn2CC(=O)NCc2cccc(OCCN(C)C3CCOCC3)c2)c1. The number of nitrogens with one attached hydrogen (secondary N) is 1. The van der Waals surface area contributed by atoms with Gasteiger partial charge in [-0.3, -0.25) is 9.69 Å². The lowest BCUT2D eigenvalue weighted by Gasteiger charge is -2.31. The summed E-state index contributed by atoms with van der Waals surface area (Å²) >= 11 is 0. The second-order valence-corrected chi connectivity index (χ2v) is 8.47. The maximum Gasteiger partial charge on any atom is 0.240 e. The normalized spacial score (nSPS) is 14.5. The van der Waals surface area contributed by atoms with E-state index in [4.69, 9.17) is 14.2 Å². The van der Waals surface area contributed by atoms with Crippen molar-refractivity contribution in [2.45, 2.75) is 32.0 Å². The van der Waals surface area contributed by atoms with Gasteiger partial charge in [-0.05, 0) is 61.9 Å². The van der Waals surface area contributed by atoms with Gasteiger partial charge in [0.1, 0.15) is 24.7 Å². The van der Waals surface area contributed by atoms with Crippen LogP contribution < -0.4 is 14.8 Å². The highest BCUT2D eigenvalue weighted by atomic mass is 16.5. The Hall–Kier alpha value is -3.03. The molecule has 7 nitrogen and oxygen atoms in total. The van der Waals surface area contributed by atoms with Gasteiger partial charge in [-0.2, -0.15) is 0 Å². The predicted octanol–water partition coefficient (Wildman–Crippen LogP) is 3.46. The Morgan fingerprint density at radius 1 is 1.15 bits per heavy atom. The minimum absolute atomic E-state index is 0.0345. The Labute approximate surface area is 195 Å². The smallest absolute Gasteiger partial charge is 0.240 e. The molecule has 4 rings (SSSR count). The average Bonchev–Trinajstić information content (AvgIpc) is 3.25. The van der Waals surface area contributed by atoms with E-state index < -0.39 is 0 Å². The molecule has 2 aromatic carbocycles. The van der Waals surface area contributed by atoms with Crippen molar-refractivity contribution in [2.24, 2.45) is 0 Å². The molecule has 0 bridgehead atoms. The van der Waals surface area contributed by atoms with E-state index in [0.29, 0.717) is 19.2 Å². The Kier molecular flexibility index (Phi) is 7.86. The summed E-state index contributed by atoms with van der Waals surface area (Å²) in [6, 6.07) is 16.3. The van der Waals surface area contributed by atoms with Gasteiger partial charge in [0.05, 0.1) is 7.11 Å². The standard InChI is InChI=1S/C26H33N3O4/c1-28(22-9-13-32-14-10-22)12-15-33-24-5-3-4-20(16-24)18-27-26(30)19-29-11-8-21-17-23(31-2)6-7-25(21)29/h3-8,11,16-17,22H,9-10,12-15,18-19H2,1-2H3,(H,27,30). The zero-order valence-corrected chi connectivity index (χ0v) is 19.5. The van der Waals surface area contributed by atoms with Crippen LogP contribution >= 0.6 is 0 Å². The minimum atomic E-state index is -0.0345. The first-order valence-corrected chi connectivity index (χ1v) is 11.5. The first-order chi connectivity index (χ1) is 16.1. The van der Waals surface area contributed by atoms with Gasteiger partial charge in [-0.25, -0.2) is 0 Å². The molecule has 1 aromatic heterocycles. The molecule has 1 aliphatic heterocycles. The van der Waals surface area contributed by atoms with Crippen molar-refractivity contribution in [1.29, 1.82) is 0 Å². The number of ether oxygens (including phenoxy) is 3. The van der Waals surface area contributed by atoms with E-state index in [1.165, 1.54) is 0 Å². The van der Waals surface area contributed by atoms with Crippen molar-refractivity contribution in [3.63, 3.8) is 0 Å². The highest BCUT2D eigenvalue weighted by Gasteiger charge is 2.18. The second kappa shape index (κ2) is 11.2.